The van der Waals surface area contributed by atoms with E-state index in [2.05, 4.69) is 10.6 Å². The Labute approximate surface area is 125 Å². The van der Waals surface area contributed by atoms with E-state index in [1.165, 1.54) is 0 Å². The van der Waals surface area contributed by atoms with Crippen LogP contribution in [0.1, 0.15) is 38.7 Å². The lowest BCUT2D eigenvalue weighted by Crippen LogP contribution is -2.47. The van der Waals surface area contributed by atoms with Crippen LogP contribution in [0.2, 0.25) is 0 Å². The van der Waals surface area contributed by atoms with Crippen molar-refractivity contribution in [3.8, 4) is 0 Å². The van der Waals surface area contributed by atoms with Crippen LogP contribution >= 0.6 is 0 Å². The highest BCUT2D eigenvalue weighted by Crippen LogP contribution is 2.13. The fourth-order valence-corrected chi connectivity index (χ4v) is 2.05. The third kappa shape index (κ3) is 6.29. The number of nitrogens with one attached hydrogen (secondary N) is 2. The molecule has 0 fully saturated rings. The summed E-state index contributed by atoms with van der Waals surface area (Å²) < 4.78 is 0. The smallest absolute Gasteiger partial charge is 0.326 e. The van der Waals surface area contributed by atoms with Gasteiger partial charge in [0.05, 0.1) is 0 Å². The zero-order chi connectivity index (χ0) is 15.8. The van der Waals surface area contributed by atoms with Gasteiger partial charge in [-0.2, -0.15) is 0 Å². The molecule has 0 aliphatic rings. The van der Waals surface area contributed by atoms with Crippen LogP contribution in [-0.2, 0) is 4.79 Å². The summed E-state index contributed by atoms with van der Waals surface area (Å²) in [6.45, 7) is 6.32. The maximum Gasteiger partial charge on any atom is 0.326 e. The van der Waals surface area contributed by atoms with E-state index in [1.807, 2.05) is 51.1 Å². The normalized spacial score (nSPS) is 13.5. The molecule has 0 heterocycles. The molecule has 1 unspecified atom stereocenters. The number of urea groups is 1. The van der Waals surface area contributed by atoms with Crippen LogP contribution < -0.4 is 10.6 Å². The van der Waals surface area contributed by atoms with Gasteiger partial charge < -0.3 is 15.7 Å². The van der Waals surface area contributed by atoms with Crippen LogP contribution in [0.25, 0.3) is 0 Å². The van der Waals surface area contributed by atoms with Crippen LogP contribution in [0, 0.1) is 5.92 Å². The molecular weight excluding hydrogens is 268 g/mol. The lowest BCUT2D eigenvalue weighted by molar-refractivity contribution is -0.139. The molecule has 3 N–H and O–H groups in total. The van der Waals surface area contributed by atoms with Crippen LogP contribution in [0.15, 0.2) is 30.3 Å². The highest BCUT2D eigenvalue weighted by Gasteiger charge is 2.21. The van der Waals surface area contributed by atoms with Crippen molar-refractivity contribution in [3.05, 3.63) is 35.9 Å². The van der Waals surface area contributed by atoms with Crippen molar-refractivity contribution in [1.29, 1.82) is 0 Å². The van der Waals surface area contributed by atoms with Crippen molar-refractivity contribution in [1.82, 2.24) is 10.6 Å². The number of carbonyl (C=O) groups is 2. The summed E-state index contributed by atoms with van der Waals surface area (Å²) in [5.74, 6) is -0.630. The number of amides is 2. The molecule has 116 valence electrons. The number of carbonyl (C=O) groups excluding carboxylic acids is 1. The number of hydrogen-bond acceptors (Lipinski definition) is 2. The molecule has 21 heavy (non-hydrogen) atoms. The van der Waals surface area contributed by atoms with Gasteiger partial charge in [0.15, 0.2) is 0 Å². The van der Waals surface area contributed by atoms with E-state index >= 15 is 0 Å². The molecule has 5 heteroatoms. The van der Waals surface area contributed by atoms with Gasteiger partial charge in [-0.1, -0.05) is 51.1 Å². The summed E-state index contributed by atoms with van der Waals surface area (Å²) >= 11 is 0. The van der Waals surface area contributed by atoms with E-state index in [4.69, 9.17) is 5.11 Å². The van der Waals surface area contributed by atoms with Gasteiger partial charge in [-0.3, -0.25) is 0 Å². The summed E-state index contributed by atoms with van der Waals surface area (Å²) in [6.07, 6.45) is 0.414. The Balaban J connectivity index is 2.44. The molecule has 0 saturated carbocycles. The van der Waals surface area contributed by atoms with E-state index in [1.54, 1.807) is 0 Å². The van der Waals surface area contributed by atoms with Crippen molar-refractivity contribution in [2.45, 2.75) is 39.2 Å². The number of benzene rings is 1. The Morgan fingerprint density at radius 3 is 2.29 bits per heavy atom. The average Bonchev–Trinajstić information content (AvgIpc) is 2.44. The molecule has 0 aliphatic heterocycles. The SMILES string of the molecule is CC(C)C[C@H](NC(=O)NCC(C)c1ccccc1)C(=O)O. The zero-order valence-electron chi connectivity index (χ0n) is 12.8. The number of rotatable bonds is 7. The molecule has 0 aromatic heterocycles. The van der Waals surface area contributed by atoms with E-state index in [-0.39, 0.29) is 11.8 Å². The summed E-state index contributed by atoms with van der Waals surface area (Å²) in [5.41, 5.74) is 1.13. The maximum absolute atomic E-state index is 11.8. The predicted octanol–water partition coefficient (Wildman–Crippen LogP) is 2.59. The number of carboxylic acids is 1. The maximum atomic E-state index is 11.8. The molecule has 1 rings (SSSR count). The Morgan fingerprint density at radius 2 is 1.76 bits per heavy atom. The molecule has 0 aliphatic carbocycles. The highest BCUT2D eigenvalue weighted by molar-refractivity contribution is 5.82. The third-order valence-electron chi connectivity index (χ3n) is 3.25. The van der Waals surface area contributed by atoms with E-state index in [0.29, 0.717) is 13.0 Å². The van der Waals surface area contributed by atoms with Gasteiger partial charge in [0.1, 0.15) is 6.04 Å². The molecule has 0 saturated heterocycles. The first-order chi connectivity index (χ1) is 9.90. The van der Waals surface area contributed by atoms with Gasteiger partial charge in [0.2, 0.25) is 0 Å². The van der Waals surface area contributed by atoms with Crippen LogP contribution in [0.3, 0.4) is 0 Å². The lowest BCUT2D eigenvalue weighted by atomic mass is 10.0. The van der Waals surface area contributed by atoms with Crippen molar-refractivity contribution in [3.63, 3.8) is 0 Å². The number of carboxylic acid groups (broad SMARTS) is 1. The van der Waals surface area contributed by atoms with Gasteiger partial charge in [-0.05, 0) is 23.8 Å². The van der Waals surface area contributed by atoms with Crippen LogP contribution in [0.5, 0.6) is 0 Å². The van der Waals surface area contributed by atoms with E-state index < -0.39 is 18.0 Å². The molecule has 0 bridgehead atoms. The van der Waals surface area contributed by atoms with E-state index in [0.717, 1.165) is 5.56 Å². The van der Waals surface area contributed by atoms with Gasteiger partial charge >= 0.3 is 12.0 Å². The van der Waals surface area contributed by atoms with Crippen molar-refractivity contribution < 1.29 is 14.7 Å². The average molecular weight is 292 g/mol. The minimum absolute atomic E-state index is 0.172. The monoisotopic (exact) mass is 292 g/mol. The van der Waals surface area contributed by atoms with Crippen molar-refractivity contribution >= 4 is 12.0 Å². The van der Waals surface area contributed by atoms with Gasteiger partial charge in [-0.15, -0.1) is 0 Å². The summed E-state index contributed by atoms with van der Waals surface area (Å²) in [4.78, 5) is 22.9. The van der Waals surface area contributed by atoms with Crippen molar-refractivity contribution in [2.75, 3.05) is 6.54 Å². The molecular formula is C16H24N2O3. The van der Waals surface area contributed by atoms with Crippen molar-refractivity contribution in [2.24, 2.45) is 5.92 Å². The second-order valence-electron chi connectivity index (χ2n) is 5.69. The lowest BCUT2D eigenvalue weighted by Gasteiger charge is -2.18. The largest absolute Gasteiger partial charge is 0.480 e. The van der Waals surface area contributed by atoms with Gasteiger partial charge in [0.25, 0.3) is 0 Å². The topological polar surface area (TPSA) is 78.4 Å². The molecule has 0 spiro atoms. The Bertz CT molecular complexity index is 460. The number of aliphatic carboxylic acids is 1. The summed E-state index contributed by atoms with van der Waals surface area (Å²) in [5, 5.41) is 14.3. The first-order valence-electron chi connectivity index (χ1n) is 7.22. The molecule has 2 amide bonds. The molecule has 0 radical (unpaired) electrons. The van der Waals surface area contributed by atoms with Gasteiger partial charge in [0, 0.05) is 6.54 Å². The van der Waals surface area contributed by atoms with E-state index in [9.17, 15) is 9.59 Å². The Morgan fingerprint density at radius 1 is 1.14 bits per heavy atom. The molecule has 5 nitrogen and oxygen atoms in total. The minimum atomic E-state index is -1.00. The molecule has 1 aromatic carbocycles. The van der Waals surface area contributed by atoms with Crippen LogP contribution in [-0.4, -0.2) is 29.7 Å². The first kappa shape index (κ1) is 17.0. The fourth-order valence-electron chi connectivity index (χ4n) is 2.05. The molecule has 2 atom stereocenters. The highest BCUT2D eigenvalue weighted by atomic mass is 16.4. The second kappa shape index (κ2) is 8.29. The number of hydrogen-bond donors (Lipinski definition) is 3. The Hall–Kier alpha value is -2.04. The second-order valence-corrected chi connectivity index (χ2v) is 5.69. The molecule has 1 aromatic rings. The zero-order valence-corrected chi connectivity index (χ0v) is 12.8. The Kier molecular flexibility index (Phi) is 6.72. The first-order valence-corrected chi connectivity index (χ1v) is 7.22. The predicted molar refractivity (Wildman–Crippen MR) is 82.3 cm³/mol. The fraction of sp³-hybridized carbons (Fsp3) is 0.500. The summed E-state index contributed by atoms with van der Waals surface area (Å²) in [7, 11) is 0. The standard InChI is InChI=1S/C16H24N2O3/c1-11(2)9-14(15(19)20)18-16(21)17-10-12(3)13-7-5-4-6-8-13/h4-8,11-12,14H,9-10H2,1-3H3,(H,19,20)(H2,17,18,21)/t12?,14-/m0/s1. The third-order valence-corrected chi connectivity index (χ3v) is 3.25. The quantitative estimate of drug-likeness (QED) is 0.722. The van der Waals surface area contributed by atoms with Gasteiger partial charge in [-0.25, -0.2) is 9.59 Å². The summed E-state index contributed by atoms with van der Waals surface area (Å²) in [6, 6.07) is 8.57. The van der Waals surface area contributed by atoms with Crippen LogP contribution in [0.4, 0.5) is 4.79 Å². The minimum Gasteiger partial charge on any atom is -0.480 e.